The Balaban J connectivity index is 3.08. The summed E-state index contributed by atoms with van der Waals surface area (Å²) >= 11 is 0. The maximum Gasteiger partial charge on any atom is 0.451 e. The molecule has 1 aromatic rings. The molecule has 0 atom stereocenters. The summed E-state index contributed by atoms with van der Waals surface area (Å²) in [6, 6.07) is 1.08. The first-order chi connectivity index (χ1) is 8.20. The lowest BCUT2D eigenvalue weighted by Gasteiger charge is -2.27. The second-order valence-electron chi connectivity index (χ2n) is 4.00. The fraction of sp³-hybridized carbons (Fsp3) is 0.556. The number of hydrogen-bond donors (Lipinski definition) is 4. The van der Waals surface area contributed by atoms with Gasteiger partial charge in [0.1, 0.15) is 11.6 Å². The number of nitrogens with one attached hydrogen (secondary N) is 1. The van der Waals surface area contributed by atoms with Crippen LogP contribution in [0.2, 0.25) is 0 Å². The summed E-state index contributed by atoms with van der Waals surface area (Å²) in [5, 5.41) is 20.5. The summed E-state index contributed by atoms with van der Waals surface area (Å²) in [5.74, 6) is -1.97. The molecule has 0 radical (unpaired) electrons. The van der Waals surface area contributed by atoms with Crippen molar-refractivity contribution < 1.29 is 23.4 Å². The summed E-state index contributed by atoms with van der Waals surface area (Å²) in [7, 11) is 0. The molecule has 6 nitrogen and oxygen atoms in total. The Morgan fingerprint density at radius 2 is 1.83 bits per heavy atom. The third kappa shape index (κ3) is 3.44. The molecule has 18 heavy (non-hydrogen) atoms. The molecule has 0 fully saturated rings. The molecule has 9 heteroatoms. The van der Waals surface area contributed by atoms with Gasteiger partial charge in [-0.1, -0.05) is 0 Å². The van der Waals surface area contributed by atoms with E-state index in [2.05, 4.69) is 15.3 Å². The molecular weight excluding hydrogens is 253 g/mol. The lowest BCUT2D eigenvalue weighted by Crippen LogP contribution is -2.43. The number of aliphatic hydroxyl groups excluding tert-OH is 2. The Labute approximate surface area is 101 Å². The Kier molecular flexibility index (Phi) is 3.97. The Bertz CT molecular complexity index is 421. The molecule has 102 valence electrons. The number of anilines is 2. The SMILES string of the molecule is CC(CO)(CO)Nc1cc(N)nc(C(F)(F)F)n1. The maximum absolute atomic E-state index is 12.4. The van der Waals surface area contributed by atoms with Gasteiger partial charge in [0.25, 0.3) is 0 Å². The van der Waals surface area contributed by atoms with Crippen LogP contribution in [-0.4, -0.2) is 38.9 Å². The highest BCUT2D eigenvalue weighted by Gasteiger charge is 2.35. The minimum Gasteiger partial charge on any atom is -0.394 e. The third-order valence-corrected chi connectivity index (χ3v) is 2.13. The van der Waals surface area contributed by atoms with Crippen LogP contribution in [0.1, 0.15) is 12.7 Å². The number of hydrogen-bond acceptors (Lipinski definition) is 6. The molecule has 0 aromatic carbocycles. The van der Waals surface area contributed by atoms with Gasteiger partial charge >= 0.3 is 6.18 Å². The van der Waals surface area contributed by atoms with Gasteiger partial charge in [0.05, 0.1) is 18.8 Å². The number of halogens is 3. The van der Waals surface area contributed by atoms with E-state index in [1.807, 2.05) is 0 Å². The van der Waals surface area contributed by atoms with E-state index in [0.717, 1.165) is 6.07 Å². The van der Waals surface area contributed by atoms with Gasteiger partial charge in [-0.2, -0.15) is 13.2 Å². The smallest absolute Gasteiger partial charge is 0.394 e. The van der Waals surface area contributed by atoms with Crippen LogP contribution in [-0.2, 0) is 6.18 Å². The molecule has 0 aliphatic heterocycles. The number of nitrogen functional groups attached to an aromatic ring is 1. The first-order valence-electron chi connectivity index (χ1n) is 4.92. The minimum atomic E-state index is -4.72. The predicted molar refractivity (Wildman–Crippen MR) is 57.6 cm³/mol. The summed E-state index contributed by atoms with van der Waals surface area (Å²) < 4.78 is 37.3. The van der Waals surface area contributed by atoms with E-state index >= 15 is 0 Å². The molecule has 1 heterocycles. The zero-order valence-electron chi connectivity index (χ0n) is 9.49. The van der Waals surface area contributed by atoms with Crippen molar-refractivity contribution in [3.63, 3.8) is 0 Å². The Morgan fingerprint density at radius 1 is 1.28 bits per heavy atom. The van der Waals surface area contributed by atoms with Crippen molar-refractivity contribution in [3.05, 3.63) is 11.9 Å². The molecular formula is C9H13F3N4O2. The van der Waals surface area contributed by atoms with Crippen LogP contribution in [0, 0.1) is 0 Å². The molecule has 0 bridgehead atoms. The van der Waals surface area contributed by atoms with Crippen LogP contribution in [0.3, 0.4) is 0 Å². The van der Waals surface area contributed by atoms with Crippen molar-refractivity contribution in [2.24, 2.45) is 0 Å². The fourth-order valence-corrected chi connectivity index (χ4v) is 1.10. The van der Waals surface area contributed by atoms with Crippen LogP contribution in [0.4, 0.5) is 24.8 Å². The first-order valence-corrected chi connectivity index (χ1v) is 4.92. The average Bonchev–Trinajstić information content (AvgIpc) is 2.27. The van der Waals surface area contributed by atoms with Crippen LogP contribution < -0.4 is 11.1 Å². The molecule has 5 N–H and O–H groups in total. The maximum atomic E-state index is 12.4. The molecule has 0 saturated carbocycles. The highest BCUT2D eigenvalue weighted by atomic mass is 19.4. The van der Waals surface area contributed by atoms with Crippen molar-refractivity contribution in [2.45, 2.75) is 18.6 Å². The van der Waals surface area contributed by atoms with Crippen molar-refractivity contribution in [2.75, 3.05) is 24.3 Å². The van der Waals surface area contributed by atoms with Gasteiger partial charge in [-0.25, -0.2) is 9.97 Å². The summed E-state index contributed by atoms with van der Waals surface area (Å²) in [6.45, 7) is 0.433. The molecule has 0 amide bonds. The molecule has 0 aliphatic rings. The lowest BCUT2D eigenvalue weighted by molar-refractivity contribution is -0.144. The van der Waals surface area contributed by atoms with E-state index in [-0.39, 0.29) is 11.6 Å². The van der Waals surface area contributed by atoms with E-state index in [4.69, 9.17) is 15.9 Å². The Morgan fingerprint density at radius 3 is 2.28 bits per heavy atom. The number of aromatic nitrogens is 2. The molecule has 1 rings (SSSR count). The average molecular weight is 266 g/mol. The third-order valence-electron chi connectivity index (χ3n) is 2.13. The second-order valence-corrected chi connectivity index (χ2v) is 4.00. The highest BCUT2D eigenvalue weighted by molar-refractivity contribution is 5.46. The minimum absolute atomic E-state index is 0.222. The van der Waals surface area contributed by atoms with E-state index in [1.165, 1.54) is 6.92 Å². The molecule has 1 aromatic heterocycles. The number of aliphatic hydroxyl groups is 2. The number of nitrogens with two attached hydrogens (primary N) is 1. The van der Waals surface area contributed by atoms with Crippen LogP contribution in [0.25, 0.3) is 0 Å². The highest BCUT2D eigenvalue weighted by Crippen LogP contribution is 2.28. The zero-order valence-corrected chi connectivity index (χ0v) is 9.49. The van der Waals surface area contributed by atoms with Gasteiger partial charge in [0.2, 0.25) is 5.82 Å². The monoisotopic (exact) mass is 266 g/mol. The van der Waals surface area contributed by atoms with Crippen LogP contribution >= 0.6 is 0 Å². The molecule has 0 spiro atoms. The van der Waals surface area contributed by atoms with E-state index in [1.54, 1.807) is 0 Å². The van der Waals surface area contributed by atoms with Crippen molar-refractivity contribution in [1.82, 2.24) is 9.97 Å². The second kappa shape index (κ2) is 4.94. The van der Waals surface area contributed by atoms with Gasteiger partial charge in [-0.05, 0) is 6.92 Å². The normalized spacial score (nSPS) is 12.6. The van der Waals surface area contributed by atoms with Gasteiger partial charge < -0.3 is 21.3 Å². The summed E-state index contributed by atoms with van der Waals surface area (Å²) in [6.07, 6.45) is -4.72. The van der Waals surface area contributed by atoms with Gasteiger partial charge in [0, 0.05) is 6.07 Å². The largest absolute Gasteiger partial charge is 0.451 e. The quantitative estimate of drug-likeness (QED) is 0.622. The van der Waals surface area contributed by atoms with Gasteiger partial charge in [-0.15, -0.1) is 0 Å². The lowest BCUT2D eigenvalue weighted by atomic mass is 10.1. The van der Waals surface area contributed by atoms with Crippen LogP contribution in [0.5, 0.6) is 0 Å². The van der Waals surface area contributed by atoms with Crippen molar-refractivity contribution >= 4 is 11.6 Å². The zero-order chi connectivity index (χ0) is 14.0. The molecule has 0 saturated heterocycles. The number of rotatable bonds is 4. The first kappa shape index (κ1) is 14.5. The van der Waals surface area contributed by atoms with Gasteiger partial charge in [-0.3, -0.25) is 0 Å². The van der Waals surface area contributed by atoms with Crippen molar-refractivity contribution in [1.29, 1.82) is 0 Å². The summed E-state index contributed by atoms with van der Waals surface area (Å²) in [4.78, 5) is 6.30. The standard InChI is InChI=1S/C9H13F3N4O2/c1-8(3-17,4-18)16-6-2-5(13)14-7(15-6)9(10,11)12/h2,17-18H,3-4H2,1H3,(H3,13,14,15,16). The van der Waals surface area contributed by atoms with E-state index < -0.39 is 30.8 Å². The van der Waals surface area contributed by atoms with E-state index in [0.29, 0.717) is 0 Å². The number of alkyl halides is 3. The molecule has 0 unspecified atom stereocenters. The van der Waals surface area contributed by atoms with Gasteiger partial charge in [0.15, 0.2) is 0 Å². The fourth-order valence-electron chi connectivity index (χ4n) is 1.10. The van der Waals surface area contributed by atoms with Crippen LogP contribution in [0.15, 0.2) is 6.07 Å². The van der Waals surface area contributed by atoms with E-state index in [9.17, 15) is 13.2 Å². The topological polar surface area (TPSA) is 104 Å². The molecule has 0 aliphatic carbocycles. The summed E-state index contributed by atoms with van der Waals surface area (Å²) in [5.41, 5.74) is 4.04. The number of nitrogens with zero attached hydrogens (tertiary/aromatic N) is 2. The van der Waals surface area contributed by atoms with Crippen molar-refractivity contribution in [3.8, 4) is 0 Å². The Hall–Kier alpha value is -1.61. The predicted octanol–water partition coefficient (Wildman–Crippen LogP) is 0.233.